The molecule has 2 N–H and O–H groups in total. The lowest BCUT2D eigenvalue weighted by molar-refractivity contribution is -0.134. The number of benzene rings is 1. The standard InChI is InChI=1S/C16H25N3O2.2ClH/c1-3-19(2)12-14-6-4-5-13(9-14)10-18-16(20)15-11-17-7-8-21-15;;/h4-6,9,15,17H,3,7-8,10-12H2,1-2H3,(H,18,20);2*1H. The number of carbonyl (C=O) groups is 1. The number of morpholine rings is 1. The Balaban J connectivity index is 0.00000242. The minimum Gasteiger partial charge on any atom is -0.366 e. The van der Waals surface area contributed by atoms with Crippen LogP contribution in [0.2, 0.25) is 0 Å². The Hall–Kier alpha value is -0.850. The first kappa shape index (κ1) is 22.1. The number of carbonyl (C=O) groups excluding carboxylic acids is 1. The molecule has 0 bridgehead atoms. The monoisotopic (exact) mass is 363 g/mol. The molecule has 1 heterocycles. The third kappa shape index (κ3) is 7.50. The molecule has 1 aromatic rings. The summed E-state index contributed by atoms with van der Waals surface area (Å²) in [6.07, 6.45) is -0.367. The Bertz CT molecular complexity index is 468. The van der Waals surface area contributed by atoms with Crippen molar-refractivity contribution in [2.75, 3.05) is 33.3 Å². The van der Waals surface area contributed by atoms with Crippen LogP contribution in [0.5, 0.6) is 0 Å². The van der Waals surface area contributed by atoms with Crippen molar-refractivity contribution in [3.8, 4) is 0 Å². The van der Waals surface area contributed by atoms with Crippen molar-refractivity contribution >= 4 is 30.7 Å². The summed E-state index contributed by atoms with van der Waals surface area (Å²) < 4.78 is 5.44. The van der Waals surface area contributed by atoms with Gasteiger partial charge in [0.1, 0.15) is 6.10 Å². The molecular weight excluding hydrogens is 337 g/mol. The van der Waals surface area contributed by atoms with E-state index in [1.165, 1.54) is 5.56 Å². The number of amides is 1. The number of rotatable bonds is 6. The third-order valence-corrected chi connectivity index (χ3v) is 3.67. The highest BCUT2D eigenvalue weighted by molar-refractivity contribution is 5.85. The fourth-order valence-electron chi connectivity index (χ4n) is 2.30. The molecule has 1 fully saturated rings. The van der Waals surface area contributed by atoms with Gasteiger partial charge in [-0.15, -0.1) is 24.8 Å². The maximum absolute atomic E-state index is 12.0. The van der Waals surface area contributed by atoms with Gasteiger partial charge in [-0.1, -0.05) is 31.2 Å². The number of nitrogens with zero attached hydrogens (tertiary/aromatic N) is 1. The predicted molar refractivity (Wildman–Crippen MR) is 97.4 cm³/mol. The van der Waals surface area contributed by atoms with Crippen LogP contribution in [-0.4, -0.2) is 50.2 Å². The molecule has 0 spiro atoms. The fourth-order valence-corrected chi connectivity index (χ4v) is 2.30. The van der Waals surface area contributed by atoms with Crippen molar-refractivity contribution in [1.29, 1.82) is 0 Å². The van der Waals surface area contributed by atoms with Gasteiger partial charge < -0.3 is 20.3 Å². The SMILES string of the molecule is CCN(C)Cc1cccc(CNC(=O)C2CNCCO2)c1.Cl.Cl. The van der Waals surface area contributed by atoms with E-state index in [9.17, 15) is 4.79 Å². The van der Waals surface area contributed by atoms with Crippen molar-refractivity contribution < 1.29 is 9.53 Å². The van der Waals surface area contributed by atoms with Crippen LogP contribution in [0.4, 0.5) is 0 Å². The van der Waals surface area contributed by atoms with Crippen LogP contribution in [0.3, 0.4) is 0 Å². The zero-order valence-electron chi connectivity index (χ0n) is 13.7. The molecule has 1 aromatic carbocycles. The van der Waals surface area contributed by atoms with Gasteiger partial charge in [0.15, 0.2) is 0 Å². The molecule has 1 aliphatic heterocycles. The van der Waals surface area contributed by atoms with Gasteiger partial charge in [-0.3, -0.25) is 4.79 Å². The molecule has 1 unspecified atom stereocenters. The van der Waals surface area contributed by atoms with Crippen molar-refractivity contribution in [3.63, 3.8) is 0 Å². The maximum atomic E-state index is 12.0. The van der Waals surface area contributed by atoms with E-state index in [1.54, 1.807) is 0 Å². The Morgan fingerprint density at radius 3 is 2.78 bits per heavy atom. The fraction of sp³-hybridized carbons (Fsp3) is 0.562. The van der Waals surface area contributed by atoms with Gasteiger partial charge in [-0.2, -0.15) is 0 Å². The summed E-state index contributed by atoms with van der Waals surface area (Å²) in [5, 5.41) is 6.11. The average Bonchev–Trinajstić information content (AvgIpc) is 2.53. The molecule has 132 valence electrons. The Morgan fingerprint density at radius 1 is 1.39 bits per heavy atom. The second kappa shape index (κ2) is 11.6. The molecule has 5 nitrogen and oxygen atoms in total. The molecule has 0 aliphatic carbocycles. The highest BCUT2D eigenvalue weighted by atomic mass is 35.5. The van der Waals surface area contributed by atoms with Crippen LogP contribution < -0.4 is 10.6 Å². The molecule has 1 aliphatic rings. The summed E-state index contributed by atoms with van der Waals surface area (Å²) in [5.41, 5.74) is 2.39. The van der Waals surface area contributed by atoms with E-state index in [2.05, 4.69) is 41.6 Å². The van der Waals surface area contributed by atoms with Gasteiger partial charge in [0, 0.05) is 26.2 Å². The first-order valence-electron chi connectivity index (χ1n) is 7.55. The maximum Gasteiger partial charge on any atom is 0.250 e. The number of nitrogens with one attached hydrogen (secondary N) is 2. The summed E-state index contributed by atoms with van der Waals surface area (Å²) in [7, 11) is 2.10. The second-order valence-electron chi connectivity index (χ2n) is 5.43. The van der Waals surface area contributed by atoms with Gasteiger partial charge in [0.05, 0.1) is 6.61 Å². The topological polar surface area (TPSA) is 53.6 Å². The van der Waals surface area contributed by atoms with Gasteiger partial charge in [-0.05, 0) is 24.7 Å². The van der Waals surface area contributed by atoms with E-state index in [4.69, 9.17) is 4.74 Å². The first-order valence-corrected chi connectivity index (χ1v) is 7.55. The largest absolute Gasteiger partial charge is 0.366 e. The van der Waals surface area contributed by atoms with Crippen molar-refractivity contribution in [3.05, 3.63) is 35.4 Å². The van der Waals surface area contributed by atoms with Crippen LogP contribution in [-0.2, 0) is 22.6 Å². The van der Waals surface area contributed by atoms with E-state index in [0.717, 1.165) is 25.2 Å². The van der Waals surface area contributed by atoms with Crippen LogP contribution >= 0.6 is 24.8 Å². The lowest BCUT2D eigenvalue weighted by atomic mass is 10.1. The highest BCUT2D eigenvalue weighted by Crippen LogP contribution is 2.08. The molecule has 7 heteroatoms. The van der Waals surface area contributed by atoms with E-state index >= 15 is 0 Å². The lowest BCUT2D eigenvalue weighted by Crippen LogP contribution is -2.47. The summed E-state index contributed by atoms with van der Waals surface area (Å²) >= 11 is 0. The molecule has 2 rings (SSSR count). The first-order chi connectivity index (χ1) is 10.2. The minimum atomic E-state index is -0.367. The second-order valence-corrected chi connectivity index (χ2v) is 5.43. The summed E-state index contributed by atoms with van der Waals surface area (Å²) in [5.74, 6) is -0.0433. The average molecular weight is 364 g/mol. The van der Waals surface area contributed by atoms with Gasteiger partial charge in [-0.25, -0.2) is 0 Å². The number of ether oxygens (including phenoxy) is 1. The van der Waals surface area contributed by atoms with E-state index in [1.807, 2.05) is 12.1 Å². The van der Waals surface area contributed by atoms with Crippen LogP contribution in [0.1, 0.15) is 18.1 Å². The normalized spacial score (nSPS) is 17.1. The molecule has 0 saturated carbocycles. The third-order valence-electron chi connectivity index (χ3n) is 3.67. The quantitative estimate of drug-likeness (QED) is 0.805. The van der Waals surface area contributed by atoms with Crippen LogP contribution in [0.25, 0.3) is 0 Å². The van der Waals surface area contributed by atoms with Crippen molar-refractivity contribution in [2.24, 2.45) is 0 Å². The highest BCUT2D eigenvalue weighted by Gasteiger charge is 2.21. The Kier molecular flexibility index (Phi) is 11.2. The molecule has 0 radical (unpaired) electrons. The van der Waals surface area contributed by atoms with Crippen LogP contribution in [0.15, 0.2) is 24.3 Å². The van der Waals surface area contributed by atoms with Gasteiger partial charge >= 0.3 is 0 Å². The summed E-state index contributed by atoms with van der Waals surface area (Å²) in [6.45, 7) is 6.63. The molecule has 1 saturated heterocycles. The Labute approximate surface area is 151 Å². The Morgan fingerprint density at radius 2 is 2.13 bits per heavy atom. The van der Waals surface area contributed by atoms with Crippen molar-refractivity contribution in [2.45, 2.75) is 26.1 Å². The zero-order valence-corrected chi connectivity index (χ0v) is 15.3. The molecule has 23 heavy (non-hydrogen) atoms. The van der Waals surface area contributed by atoms with E-state index in [0.29, 0.717) is 19.7 Å². The minimum absolute atomic E-state index is 0. The van der Waals surface area contributed by atoms with E-state index in [-0.39, 0.29) is 36.8 Å². The predicted octanol–water partition coefficient (Wildman–Crippen LogP) is 1.59. The molecule has 0 aromatic heterocycles. The van der Waals surface area contributed by atoms with Gasteiger partial charge in [0.25, 0.3) is 5.91 Å². The number of hydrogen-bond acceptors (Lipinski definition) is 4. The molecular formula is C16H27Cl2N3O2. The molecule has 1 atom stereocenters. The zero-order chi connectivity index (χ0) is 15.1. The molecule has 1 amide bonds. The van der Waals surface area contributed by atoms with E-state index < -0.39 is 0 Å². The lowest BCUT2D eigenvalue weighted by Gasteiger charge is -2.22. The summed E-state index contributed by atoms with van der Waals surface area (Å²) in [6, 6.07) is 8.34. The summed E-state index contributed by atoms with van der Waals surface area (Å²) in [4.78, 5) is 14.2. The smallest absolute Gasteiger partial charge is 0.250 e. The van der Waals surface area contributed by atoms with Gasteiger partial charge in [0.2, 0.25) is 0 Å². The van der Waals surface area contributed by atoms with Crippen molar-refractivity contribution in [1.82, 2.24) is 15.5 Å². The number of halogens is 2. The van der Waals surface area contributed by atoms with Crippen LogP contribution in [0, 0.1) is 0 Å². The number of hydrogen-bond donors (Lipinski definition) is 2.